The molecule has 1 aromatic carbocycles. The molecule has 2 fully saturated rings. The Morgan fingerprint density at radius 1 is 1.15 bits per heavy atom. The van der Waals surface area contributed by atoms with Crippen molar-refractivity contribution < 1.29 is 4.79 Å². The van der Waals surface area contributed by atoms with Crippen LogP contribution in [-0.4, -0.2) is 16.8 Å². The van der Waals surface area contributed by atoms with Gasteiger partial charge in [-0.3, -0.25) is 4.79 Å². The number of carbonyl (C=O) groups is 1. The molecule has 0 radical (unpaired) electrons. The number of nitrogens with zero attached hydrogens (tertiary/aromatic N) is 1. The maximum atomic E-state index is 12.8. The van der Waals surface area contributed by atoms with E-state index in [9.17, 15) is 4.79 Å². The third kappa shape index (κ3) is 3.14. The second-order valence-corrected chi connectivity index (χ2v) is 6.28. The van der Waals surface area contributed by atoms with Gasteiger partial charge in [-0.25, -0.2) is 0 Å². The minimum atomic E-state index is 0.269. The van der Waals surface area contributed by atoms with Crippen molar-refractivity contribution in [2.45, 2.75) is 57.5 Å². The van der Waals surface area contributed by atoms with Gasteiger partial charge >= 0.3 is 0 Å². The van der Waals surface area contributed by atoms with Crippen LogP contribution in [0.2, 0.25) is 0 Å². The zero-order valence-electron chi connectivity index (χ0n) is 12.1. The average molecular weight is 272 g/mol. The number of carbonyl (C=O) groups excluding carboxylic acids is 1. The van der Waals surface area contributed by atoms with E-state index in [-0.39, 0.29) is 5.92 Å². The second kappa shape index (κ2) is 5.86. The summed E-state index contributed by atoms with van der Waals surface area (Å²) < 4.78 is 0. The maximum absolute atomic E-state index is 12.8. The molecule has 2 aliphatic carbocycles. The number of hydrogen-bond acceptors (Lipinski definition) is 2. The largest absolute Gasteiger partial charge is 0.399 e. The lowest BCUT2D eigenvalue weighted by atomic mass is 9.88. The molecule has 2 aliphatic rings. The van der Waals surface area contributed by atoms with Crippen LogP contribution in [0.25, 0.3) is 0 Å². The number of rotatable bonds is 4. The Morgan fingerprint density at radius 2 is 1.90 bits per heavy atom. The summed E-state index contributed by atoms with van der Waals surface area (Å²) in [6.45, 7) is 0.727. The number of hydrogen-bond donors (Lipinski definition) is 1. The third-order valence-corrected chi connectivity index (χ3v) is 4.53. The molecule has 3 rings (SSSR count). The molecule has 108 valence electrons. The van der Waals surface area contributed by atoms with Crippen molar-refractivity contribution in [1.29, 1.82) is 0 Å². The summed E-state index contributed by atoms with van der Waals surface area (Å²) in [5, 5.41) is 0. The quantitative estimate of drug-likeness (QED) is 0.854. The number of anilines is 1. The molecule has 0 unspecified atom stereocenters. The molecule has 0 aromatic heterocycles. The van der Waals surface area contributed by atoms with Gasteiger partial charge in [0.2, 0.25) is 5.91 Å². The second-order valence-electron chi connectivity index (χ2n) is 6.28. The van der Waals surface area contributed by atoms with Crippen LogP contribution in [0, 0.1) is 5.92 Å². The van der Waals surface area contributed by atoms with Crippen LogP contribution in [0.15, 0.2) is 24.3 Å². The molecule has 20 heavy (non-hydrogen) atoms. The Hall–Kier alpha value is -1.51. The van der Waals surface area contributed by atoms with Crippen LogP contribution in [0.4, 0.5) is 5.69 Å². The van der Waals surface area contributed by atoms with E-state index in [1.54, 1.807) is 0 Å². The minimum absolute atomic E-state index is 0.269. The Kier molecular flexibility index (Phi) is 3.95. The van der Waals surface area contributed by atoms with Crippen LogP contribution in [0.3, 0.4) is 0 Å². The summed E-state index contributed by atoms with van der Waals surface area (Å²) in [5.74, 6) is 0.653. The van der Waals surface area contributed by atoms with Crippen molar-refractivity contribution in [3.05, 3.63) is 29.8 Å². The SMILES string of the molecule is Nc1cccc(CN(C(=O)C2CCCCC2)C2CC2)c1. The van der Waals surface area contributed by atoms with Crippen molar-refractivity contribution in [2.24, 2.45) is 5.92 Å². The lowest BCUT2D eigenvalue weighted by Crippen LogP contribution is -2.38. The van der Waals surface area contributed by atoms with E-state index in [0.29, 0.717) is 11.9 Å². The fourth-order valence-corrected chi connectivity index (χ4v) is 3.25. The summed E-state index contributed by atoms with van der Waals surface area (Å²) in [6, 6.07) is 8.41. The first-order valence-corrected chi connectivity index (χ1v) is 7.89. The van der Waals surface area contributed by atoms with Crippen molar-refractivity contribution in [3.8, 4) is 0 Å². The van der Waals surface area contributed by atoms with Crippen LogP contribution >= 0.6 is 0 Å². The van der Waals surface area contributed by atoms with E-state index in [4.69, 9.17) is 5.73 Å². The van der Waals surface area contributed by atoms with Gasteiger partial charge in [0, 0.05) is 24.2 Å². The van der Waals surface area contributed by atoms with Gasteiger partial charge in [-0.1, -0.05) is 31.4 Å². The van der Waals surface area contributed by atoms with E-state index < -0.39 is 0 Å². The molecule has 0 saturated heterocycles. The van der Waals surface area contributed by atoms with Crippen LogP contribution in [0.1, 0.15) is 50.5 Å². The molecular weight excluding hydrogens is 248 g/mol. The fraction of sp³-hybridized carbons (Fsp3) is 0.588. The highest BCUT2D eigenvalue weighted by Gasteiger charge is 2.36. The van der Waals surface area contributed by atoms with E-state index in [1.807, 2.05) is 18.2 Å². The van der Waals surface area contributed by atoms with Gasteiger partial charge in [0.05, 0.1) is 0 Å². The number of benzene rings is 1. The lowest BCUT2D eigenvalue weighted by molar-refractivity contribution is -0.137. The Bertz CT molecular complexity index is 476. The summed E-state index contributed by atoms with van der Waals surface area (Å²) in [5.41, 5.74) is 7.78. The molecular formula is C17H24N2O. The summed E-state index contributed by atoms with van der Waals surface area (Å²) in [4.78, 5) is 14.9. The zero-order valence-corrected chi connectivity index (χ0v) is 12.1. The van der Waals surface area contributed by atoms with Crippen LogP contribution in [-0.2, 0) is 11.3 Å². The smallest absolute Gasteiger partial charge is 0.226 e. The number of nitrogen functional groups attached to an aromatic ring is 1. The molecule has 0 bridgehead atoms. The molecule has 0 atom stereocenters. The van der Waals surface area contributed by atoms with Crippen molar-refractivity contribution in [2.75, 3.05) is 5.73 Å². The highest BCUT2D eigenvalue weighted by molar-refractivity contribution is 5.79. The summed E-state index contributed by atoms with van der Waals surface area (Å²) in [7, 11) is 0. The highest BCUT2D eigenvalue weighted by atomic mass is 16.2. The van der Waals surface area contributed by atoms with E-state index in [1.165, 1.54) is 32.1 Å². The van der Waals surface area contributed by atoms with E-state index in [0.717, 1.165) is 30.6 Å². The van der Waals surface area contributed by atoms with Crippen LogP contribution in [0.5, 0.6) is 0 Å². The summed E-state index contributed by atoms with van der Waals surface area (Å²) >= 11 is 0. The first kappa shape index (κ1) is 13.5. The van der Waals surface area contributed by atoms with Gasteiger partial charge in [0.15, 0.2) is 0 Å². The molecule has 3 heteroatoms. The molecule has 0 heterocycles. The van der Waals surface area contributed by atoms with E-state index >= 15 is 0 Å². The first-order chi connectivity index (χ1) is 9.74. The number of amides is 1. The molecule has 2 saturated carbocycles. The van der Waals surface area contributed by atoms with Gasteiger partial charge in [0.25, 0.3) is 0 Å². The monoisotopic (exact) mass is 272 g/mol. The van der Waals surface area contributed by atoms with Crippen molar-refractivity contribution in [3.63, 3.8) is 0 Å². The predicted octanol–water partition coefficient (Wildman–Crippen LogP) is 3.34. The number of nitrogens with two attached hydrogens (primary N) is 1. The molecule has 1 aromatic rings. The van der Waals surface area contributed by atoms with E-state index in [2.05, 4.69) is 11.0 Å². The van der Waals surface area contributed by atoms with Crippen molar-refractivity contribution >= 4 is 11.6 Å². The molecule has 3 nitrogen and oxygen atoms in total. The molecule has 0 spiro atoms. The standard InChI is InChI=1S/C17H24N2O/c18-15-8-4-5-13(11-15)12-19(16-9-10-16)17(20)14-6-2-1-3-7-14/h4-5,8,11,14,16H,1-3,6-7,9-10,12,18H2. The van der Waals surface area contributed by atoms with Crippen LogP contribution < -0.4 is 5.73 Å². The molecule has 1 amide bonds. The Balaban J connectivity index is 1.70. The third-order valence-electron chi connectivity index (χ3n) is 4.53. The van der Waals surface area contributed by atoms with Gasteiger partial charge in [-0.15, -0.1) is 0 Å². The lowest BCUT2D eigenvalue weighted by Gasteiger charge is -2.29. The Morgan fingerprint density at radius 3 is 2.55 bits per heavy atom. The zero-order chi connectivity index (χ0) is 13.9. The van der Waals surface area contributed by atoms with Crippen molar-refractivity contribution in [1.82, 2.24) is 4.90 Å². The summed E-state index contributed by atoms with van der Waals surface area (Å²) in [6.07, 6.45) is 8.22. The molecule has 2 N–H and O–H groups in total. The average Bonchev–Trinajstić information content (AvgIpc) is 3.30. The topological polar surface area (TPSA) is 46.3 Å². The Labute approximate surface area is 121 Å². The minimum Gasteiger partial charge on any atom is -0.399 e. The van der Waals surface area contributed by atoms with Gasteiger partial charge in [-0.05, 0) is 43.4 Å². The first-order valence-electron chi connectivity index (χ1n) is 7.89. The predicted molar refractivity (Wildman–Crippen MR) is 81.0 cm³/mol. The van der Waals surface area contributed by atoms with Gasteiger partial charge in [0.1, 0.15) is 0 Å². The van der Waals surface area contributed by atoms with Gasteiger partial charge < -0.3 is 10.6 Å². The maximum Gasteiger partial charge on any atom is 0.226 e. The normalized spacial score (nSPS) is 19.8. The van der Waals surface area contributed by atoms with Gasteiger partial charge in [-0.2, -0.15) is 0 Å². The highest BCUT2D eigenvalue weighted by Crippen LogP contribution is 2.33. The fourth-order valence-electron chi connectivity index (χ4n) is 3.25. The molecule has 0 aliphatic heterocycles.